The fraction of sp³-hybridized carbons (Fsp3) is 0.556. The van der Waals surface area contributed by atoms with E-state index in [9.17, 15) is 10.1 Å². The third-order valence-electron chi connectivity index (χ3n) is 3.87. The van der Waals surface area contributed by atoms with E-state index < -0.39 is 0 Å². The largest absolute Gasteiger partial charge is 0.492 e. The lowest BCUT2D eigenvalue weighted by atomic mass is 10.1. The first-order valence-electron chi connectivity index (χ1n) is 8.52. The molecule has 1 aliphatic heterocycles. The standard InChI is InChI=1S/C18H25N3O3/c1-3-10-24-16-6-5-9-21(13-16)18(22)20-15-7-8-17(23-4-2)14(11-15)12-19/h7-8,11,16H,3-6,9-10,13H2,1-2H3,(H,20,22). The summed E-state index contributed by atoms with van der Waals surface area (Å²) in [6.45, 7) is 6.49. The lowest BCUT2D eigenvalue weighted by Gasteiger charge is -2.32. The van der Waals surface area contributed by atoms with Gasteiger partial charge < -0.3 is 19.7 Å². The molecule has 1 atom stereocenters. The lowest BCUT2D eigenvalue weighted by molar-refractivity contribution is 0.0115. The van der Waals surface area contributed by atoms with Gasteiger partial charge in [0.1, 0.15) is 11.8 Å². The third-order valence-corrected chi connectivity index (χ3v) is 3.87. The molecule has 24 heavy (non-hydrogen) atoms. The molecule has 1 unspecified atom stereocenters. The van der Waals surface area contributed by atoms with E-state index in [1.165, 1.54) is 0 Å². The van der Waals surface area contributed by atoms with Gasteiger partial charge in [-0.3, -0.25) is 0 Å². The smallest absolute Gasteiger partial charge is 0.321 e. The summed E-state index contributed by atoms with van der Waals surface area (Å²) in [5.74, 6) is 0.531. The Hall–Kier alpha value is -2.26. The Morgan fingerprint density at radius 2 is 2.29 bits per heavy atom. The van der Waals surface area contributed by atoms with Crippen molar-refractivity contribution in [2.75, 3.05) is 31.6 Å². The minimum Gasteiger partial charge on any atom is -0.492 e. The van der Waals surface area contributed by atoms with Crippen molar-refractivity contribution in [3.8, 4) is 11.8 Å². The average molecular weight is 331 g/mol. The van der Waals surface area contributed by atoms with Crippen LogP contribution in [0.2, 0.25) is 0 Å². The van der Waals surface area contributed by atoms with Gasteiger partial charge in [0.25, 0.3) is 0 Å². The second kappa shape index (κ2) is 9.14. The van der Waals surface area contributed by atoms with Crippen LogP contribution in [0.15, 0.2) is 18.2 Å². The van der Waals surface area contributed by atoms with E-state index in [-0.39, 0.29) is 12.1 Å². The summed E-state index contributed by atoms with van der Waals surface area (Å²) in [5, 5.41) is 12.1. The minimum atomic E-state index is -0.159. The van der Waals surface area contributed by atoms with Crippen molar-refractivity contribution in [1.29, 1.82) is 5.26 Å². The molecule has 0 radical (unpaired) electrons. The number of nitrogens with zero attached hydrogens (tertiary/aromatic N) is 2. The maximum Gasteiger partial charge on any atom is 0.321 e. The SMILES string of the molecule is CCCOC1CCCN(C(=O)Nc2ccc(OCC)c(C#N)c2)C1. The lowest BCUT2D eigenvalue weighted by Crippen LogP contribution is -2.45. The Bertz CT molecular complexity index is 598. The van der Waals surface area contributed by atoms with E-state index in [2.05, 4.69) is 18.3 Å². The number of urea groups is 1. The number of nitriles is 1. The van der Waals surface area contributed by atoms with E-state index in [4.69, 9.17) is 9.47 Å². The predicted octanol–water partition coefficient (Wildman–Crippen LogP) is 3.38. The van der Waals surface area contributed by atoms with Crippen LogP contribution in [0.25, 0.3) is 0 Å². The molecule has 0 bridgehead atoms. The van der Waals surface area contributed by atoms with Crippen LogP contribution in [0.1, 0.15) is 38.7 Å². The summed E-state index contributed by atoms with van der Waals surface area (Å²) in [5.41, 5.74) is 1.01. The number of benzene rings is 1. The van der Waals surface area contributed by atoms with Crippen molar-refractivity contribution < 1.29 is 14.3 Å². The molecule has 1 aliphatic rings. The number of anilines is 1. The molecule has 1 heterocycles. The van der Waals surface area contributed by atoms with Crippen molar-refractivity contribution in [2.45, 2.75) is 39.2 Å². The Morgan fingerprint density at radius 3 is 3.00 bits per heavy atom. The molecule has 130 valence electrons. The Labute approximate surface area is 143 Å². The first kappa shape index (κ1) is 18.1. The number of amides is 2. The van der Waals surface area contributed by atoms with Gasteiger partial charge in [-0.05, 0) is 44.4 Å². The maximum atomic E-state index is 12.4. The van der Waals surface area contributed by atoms with Gasteiger partial charge in [-0.15, -0.1) is 0 Å². The molecule has 6 nitrogen and oxygen atoms in total. The normalized spacial score (nSPS) is 17.2. The zero-order chi connectivity index (χ0) is 17.4. The van der Waals surface area contributed by atoms with Crippen molar-refractivity contribution >= 4 is 11.7 Å². The minimum absolute atomic E-state index is 0.111. The van der Waals surface area contributed by atoms with Gasteiger partial charge in [-0.25, -0.2) is 4.79 Å². The number of nitrogens with one attached hydrogen (secondary N) is 1. The van der Waals surface area contributed by atoms with Crippen LogP contribution >= 0.6 is 0 Å². The molecular formula is C18H25N3O3. The van der Waals surface area contributed by atoms with Crippen molar-refractivity contribution in [2.24, 2.45) is 0 Å². The van der Waals surface area contributed by atoms with Crippen molar-refractivity contribution in [3.05, 3.63) is 23.8 Å². The molecule has 6 heteroatoms. The summed E-state index contributed by atoms with van der Waals surface area (Å²) in [6, 6.07) is 7.03. The predicted molar refractivity (Wildman–Crippen MR) is 92.2 cm³/mol. The van der Waals surface area contributed by atoms with Gasteiger partial charge in [-0.1, -0.05) is 6.92 Å². The number of piperidine rings is 1. The summed E-state index contributed by atoms with van der Waals surface area (Å²) < 4.78 is 11.2. The summed E-state index contributed by atoms with van der Waals surface area (Å²) in [4.78, 5) is 14.2. The Balaban J connectivity index is 1.97. The molecule has 0 aliphatic carbocycles. The Morgan fingerprint density at radius 1 is 1.46 bits per heavy atom. The summed E-state index contributed by atoms with van der Waals surface area (Å²) in [7, 11) is 0. The van der Waals surface area contributed by atoms with E-state index in [0.717, 1.165) is 32.4 Å². The topological polar surface area (TPSA) is 74.6 Å². The fourth-order valence-corrected chi connectivity index (χ4v) is 2.72. The highest BCUT2D eigenvalue weighted by Gasteiger charge is 2.24. The van der Waals surface area contributed by atoms with E-state index in [1.807, 2.05) is 6.92 Å². The van der Waals surface area contributed by atoms with E-state index in [1.54, 1.807) is 23.1 Å². The fourth-order valence-electron chi connectivity index (χ4n) is 2.72. The highest BCUT2D eigenvalue weighted by Crippen LogP contribution is 2.23. The van der Waals surface area contributed by atoms with Crippen LogP contribution < -0.4 is 10.1 Å². The zero-order valence-corrected chi connectivity index (χ0v) is 14.4. The number of ether oxygens (including phenoxy) is 2. The van der Waals surface area contributed by atoms with Crippen LogP contribution in [0.3, 0.4) is 0 Å². The summed E-state index contributed by atoms with van der Waals surface area (Å²) in [6.07, 6.45) is 3.02. The molecule has 0 saturated carbocycles. The molecule has 0 aromatic heterocycles. The molecule has 1 aromatic rings. The van der Waals surface area contributed by atoms with Gasteiger partial charge in [-0.2, -0.15) is 5.26 Å². The molecule has 1 saturated heterocycles. The third kappa shape index (κ3) is 4.87. The maximum absolute atomic E-state index is 12.4. The molecule has 2 rings (SSSR count). The van der Waals surface area contributed by atoms with Gasteiger partial charge in [0.05, 0.1) is 18.3 Å². The number of hydrogen-bond acceptors (Lipinski definition) is 4. The first-order chi connectivity index (χ1) is 11.7. The van der Waals surface area contributed by atoms with Crippen LogP contribution in [-0.4, -0.2) is 43.3 Å². The van der Waals surface area contributed by atoms with E-state index in [0.29, 0.717) is 30.2 Å². The molecule has 1 aromatic carbocycles. The number of rotatable bonds is 6. The first-order valence-corrected chi connectivity index (χ1v) is 8.52. The highest BCUT2D eigenvalue weighted by molar-refractivity contribution is 5.89. The van der Waals surface area contributed by atoms with Crippen LogP contribution in [0.4, 0.5) is 10.5 Å². The second-order valence-electron chi connectivity index (χ2n) is 5.77. The van der Waals surface area contributed by atoms with Crippen LogP contribution in [0.5, 0.6) is 5.75 Å². The number of hydrogen-bond donors (Lipinski definition) is 1. The molecule has 2 amide bonds. The second-order valence-corrected chi connectivity index (χ2v) is 5.77. The van der Waals surface area contributed by atoms with Crippen LogP contribution in [-0.2, 0) is 4.74 Å². The molecule has 1 N–H and O–H groups in total. The van der Waals surface area contributed by atoms with Gasteiger partial charge >= 0.3 is 6.03 Å². The van der Waals surface area contributed by atoms with Crippen molar-refractivity contribution in [1.82, 2.24) is 4.90 Å². The van der Waals surface area contributed by atoms with Gasteiger partial charge in [0.15, 0.2) is 0 Å². The highest BCUT2D eigenvalue weighted by atomic mass is 16.5. The molecular weight excluding hydrogens is 306 g/mol. The van der Waals surface area contributed by atoms with E-state index >= 15 is 0 Å². The Kier molecular flexibility index (Phi) is 6.89. The van der Waals surface area contributed by atoms with Gasteiger partial charge in [0.2, 0.25) is 0 Å². The monoisotopic (exact) mass is 331 g/mol. The molecule has 1 fully saturated rings. The number of carbonyl (C=O) groups is 1. The van der Waals surface area contributed by atoms with Gasteiger partial charge in [0, 0.05) is 25.4 Å². The number of likely N-dealkylation sites (tertiary alicyclic amines) is 1. The van der Waals surface area contributed by atoms with Crippen LogP contribution in [0, 0.1) is 11.3 Å². The quantitative estimate of drug-likeness (QED) is 0.867. The zero-order valence-electron chi connectivity index (χ0n) is 14.4. The molecule has 0 spiro atoms. The average Bonchev–Trinajstić information content (AvgIpc) is 2.61. The number of carbonyl (C=O) groups excluding carboxylic acids is 1. The van der Waals surface area contributed by atoms with Crippen molar-refractivity contribution in [3.63, 3.8) is 0 Å². The summed E-state index contributed by atoms with van der Waals surface area (Å²) >= 11 is 0.